The van der Waals surface area contributed by atoms with Gasteiger partial charge in [0.05, 0.1) is 45.6 Å². The highest BCUT2D eigenvalue weighted by atomic mass is 32.1. The Bertz CT molecular complexity index is 1300. The molecule has 4 rings (SSSR count). The van der Waals surface area contributed by atoms with Crippen LogP contribution in [0, 0.1) is 0 Å². The van der Waals surface area contributed by atoms with Gasteiger partial charge >= 0.3 is 6.18 Å². The molecule has 0 unspecified atom stereocenters. The van der Waals surface area contributed by atoms with Crippen LogP contribution in [-0.2, 0) is 17.5 Å². The quantitative estimate of drug-likeness (QED) is 0.331. The lowest BCUT2D eigenvalue weighted by Gasteiger charge is -2.16. The Morgan fingerprint density at radius 1 is 1.21 bits per heavy atom. The molecule has 3 heterocycles. The molecule has 0 saturated carbocycles. The maximum absolute atomic E-state index is 13.4. The molecule has 0 atom stereocenters. The van der Waals surface area contributed by atoms with Gasteiger partial charge in [0.25, 0.3) is 5.91 Å². The fourth-order valence-electron chi connectivity index (χ4n) is 3.37. The smallest absolute Gasteiger partial charge is 0.416 e. The van der Waals surface area contributed by atoms with E-state index >= 15 is 0 Å². The van der Waals surface area contributed by atoms with E-state index in [4.69, 9.17) is 9.47 Å². The number of alkyl halides is 3. The summed E-state index contributed by atoms with van der Waals surface area (Å²) in [7, 11) is 1.48. The van der Waals surface area contributed by atoms with E-state index in [1.807, 2.05) is 24.4 Å². The molecule has 0 fully saturated rings. The third kappa shape index (κ3) is 4.90. The zero-order valence-corrected chi connectivity index (χ0v) is 19.2. The van der Waals surface area contributed by atoms with Crippen molar-refractivity contribution in [2.24, 2.45) is 0 Å². The van der Waals surface area contributed by atoms with Crippen molar-refractivity contribution in [2.45, 2.75) is 19.6 Å². The maximum Gasteiger partial charge on any atom is 0.416 e. The number of aryl methyl sites for hydroxylation is 1. The molecule has 1 amide bonds. The lowest BCUT2D eigenvalue weighted by Crippen LogP contribution is -2.16. The third-order valence-electron chi connectivity index (χ3n) is 5.03. The summed E-state index contributed by atoms with van der Waals surface area (Å²) in [6.07, 6.45) is -3.05. The Morgan fingerprint density at radius 2 is 2.03 bits per heavy atom. The lowest BCUT2D eigenvalue weighted by molar-refractivity contribution is -0.137. The van der Waals surface area contributed by atoms with Gasteiger partial charge in [-0.05, 0) is 42.6 Å². The Morgan fingerprint density at radius 3 is 2.71 bits per heavy atom. The first-order valence-corrected chi connectivity index (χ1v) is 11.2. The zero-order valence-electron chi connectivity index (χ0n) is 18.3. The number of thiophene rings is 1. The van der Waals surface area contributed by atoms with E-state index in [-0.39, 0.29) is 30.2 Å². The Hall–Kier alpha value is -3.44. The summed E-state index contributed by atoms with van der Waals surface area (Å²) in [6, 6.07) is 8.31. The van der Waals surface area contributed by atoms with Crippen LogP contribution in [-0.4, -0.2) is 41.0 Å². The molecule has 0 spiro atoms. The van der Waals surface area contributed by atoms with Gasteiger partial charge in [-0.2, -0.15) is 18.3 Å². The number of halogens is 3. The summed E-state index contributed by atoms with van der Waals surface area (Å²) in [6.45, 7) is 2.78. The van der Waals surface area contributed by atoms with E-state index in [0.29, 0.717) is 23.3 Å². The Labute approximate surface area is 197 Å². The average molecular weight is 491 g/mol. The highest BCUT2D eigenvalue weighted by Gasteiger charge is 2.31. The van der Waals surface area contributed by atoms with Gasteiger partial charge in [-0.3, -0.25) is 4.79 Å². The van der Waals surface area contributed by atoms with Crippen molar-refractivity contribution >= 4 is 34.0 Å². The first-order valence-electron chi connectivity index (χ1n) is 10.4. The summed E-state index contributed by atoms with van der Waals surface area (Å²) in [5, 5.41) is 9.27. The van der Waals surface area contributed by atoms with Crippen molar-refractivity contribution in [3.8, 4) is 16.3 Å². The molecule has 7 nitrogen and oxygen atoms in total. The number of hydrogen-bond donors (Lipinski definition) is 1. The lowest BCUT2D eigenvalue weighted by atomic mass is 10.1. The van der Waals surface area contributed by atoms with E-state index in [0.717, 1.165) is 17.0 Å². The number of anilines is 1. The number of carbonyl (C=O) groups is 1. The van der Waals surface area contributed by atoms with Crippen LogP contribution in [0.5, 0.6) is 5.75 Å². The Balaban J connectivity index is 1.76. The second-order valence-electron chi connectivity index (χ2n) is 7.23. The summed E-state index contributed by atoms with van der Waals surface area (Å²) >= 11 is 1.46. The van der Waals surface area contributed by atoms with Crippen LogP contribution in [0.15, 0.2) is 48.0 Å². The molecule has 4 aromatic rings. The monoisotopic (exact) mass is 490 g/mol. The molecule has 0 aliphatic rings. The molecule has 11 heteroatoms. The number of fused-ring (bicyclic) bond motifs is 1. The first kappa shape index (κ1) is 23.7. The maximum atomic E-state index is 13.4. The van der Waals surface area contributed by atoms with Crippen LogP contribution in [0.3, 0.4) is 0 Å². The second-order valence-corrected chi connectivity index (χ2v) is 8.18. The molecule has 34 heavy (non-hydrogen) atoms. The van der Waals surface area contributed by atoms with Crippen LogP contribution in [0.1, 0.15) is 22.8 Å². The van der Waals surface area contributed by atoms with Crippen LogP contribution in [0.4, 0.5) is 18.9 Å². The molecule has 0 saturated heterocycles. The van der Waals surface area contributed by atoms with Crippen molar-refractivity contribution < 1.29 is 27.4 Å². The van der Waals surface area contributed by atoms with E-state index in [1.165, 1.54) is 30.7 Å². The molecule has 178 valence electrons. The highest BCUT2D eigenvalue weighted by Crippen LogP contribution is 2.36. The zero-order chi connectivity index (χ0) is 24.3. The van der Waals surface area contributed by atoms with Crippen LogP contribution in [0.25, 0.3) is 21.6 Å². The van der Waals surface area contributed by atoms with E-state index in [2.05, 4.69) is 15.4 Å². The molecule has 3 aromatic heterocycles. The molecule has 1 N–H and O–H groups in total. The number of nitrogens with one attached hydrogen (secondary N) is 1. The van der Waals surface area contributed by atoms with Gasteiger partial charge in [-0.15, -0.1) is 11.3 Å². The van der Waals surface area contributed by atoms with Crippen molar-refractivity contribution in [1.29, 1.82) is 0 Å². The number of rotatable bonds is 8. The van der Waals surface area contributed by atoms with Gasteiger partial charge in [-0.25, -0.2) is 9.67 Å². The fraction of sp³-hybridized carbons (Fsp3) is 0.261. The van der Waals surface area contributed by atoms with E-state index in [1.54, 1.807) is 10.7 Å². The number of benzene rings is 1. The number of ether oxygens (including phenoxy) is 2. The van der Waals surface area contributed by atoms with Gasteiger partial charge in [0, 0.05) is 13.7 Å². The predicted molar refractivity (Wildman–Crippen MR) is 123 cm³/mol. The summed E-state index contributed by atoms with van der Waals surface area (Å²) in [4.78, 5) is 18.9. The SMILES string of the molecule is CCn1ncc2c(C(=O)Nc3cc(C(F)(F)F)ccc3OCCOC)cc(-c3cccs3)nc21. The van der Waals surface area contributed by atoms with Crippen LogP contribution < -0.4 is 10.1 Å². The van der Waals surface area contributed by atoms with Crippen molar-refractivity contribution in [2.75, 3.05) is 25.6 Å². The second kappa shape index (κ2) is 9.82. The minimum Gasteiger partial charge on any atom is -0.489 e. The minimum absolute atomic E-state index is 0.0959. The van der Waals surface area contributed by atoms with Gasteiger partial charge in [-0.1, -0.05) is 6.07 Å². The Kier molecular flexibility index (Phi) is 6.85. The number of pyridine rings is 1. The summed E-state index contributed by atoms with van der Waals surface area (Å²) in [5.74, 6) is -0.497. The number of hydrogen-bond acceptors (Lipinski definition) is 6. The summed E-state index contributed by atoms with van der Waals surface area (Å²) < 4.78 is 52.1. The van der Waals surface area contributed by atoms with Crippen LogP contribution >= 0.6 is 11.3 Å². The molecule has 1 aromatic carbocycles. The number of methoxy groups -OCH3 is 1. The number of nitrogens with zero attached hydrogens (tertiary/aromatic N) is 3. The standard InChI is InChI=1S/C23H21F3N4O3S/c1-3-30-21-16(13-27-30)15(12-18(28-21)20-5-4-10-34-20)22(31)29-17-11-14(23(24,25)26)6-7-19(17)33-9-8-32-2/h4-7,10-13H,3,8-9H2,1-2H3,(H,29,31). The molecular weight excluding hydrogens is 469 g/mol. The molecular formula is C23H21F3N4O3S. The van der Waals surface area contributed by atoms with Crippen molar-refractivity contribution in [1.82, 2.24) is 14.8 Å². The summed E-state index contributed by atoms with van der Waals surface area (Å²) in [5.41, 5.74) is 0.331. The molecule has 0 bridgehead atoms. The topological polar surface area (TPSA) is 78.3 Å². The normalized spacial score (nSPS) is 11.7. The highest BCUT2D eigenvalue weighted by molar-refractivity contribution is 7.13. The fourth-order valence-corrected chi connectivity index (χ4v) is 4.06. The molecule has 0 aliphatic carbocycles. The first-order chi connectivity index (χ1) is 16.3. The number of carbonyl (C=O) groups excluding carboxylic acids is 1. The minimum atomic E-state index is -4.58. The van der Waals surface area contributed by atoms with Gasteiger partial charge < -0.3 is 14.8 Å². The third-order valence-corrected chi connectivity index (χ3v) is 5.92. The van der Waals surface area contributed by atoms with Crippen molar-refractivity contribution in [3.05, 3.63) is 59.1 Å². The van der Waals surface area contributed by atoms with E-state index < -0.39 is 17.6 Å². The number of amides is 1. The predicted octanol–water partition coefficient (Wildman–Crippen LogP) is 5.48. The average Bonchev–Trinajstić information content (AvgIpc) is 3.48. The van der Waals surface area contributed by atoms with Gasteiger partial charge in [0.1, 0.15) is 12.4 Å². The molecule has 0 radical (unpaired) electrons. The number of aromatic nitrogens is 3. The van der Waals surface area contributed by atoms with E-state index in [9.17, 15) is 18.0 Å². The van der Waals surface area contributed by atoms with Crippen LogP contribution in [0.2, 0.25) is 0 Å². The largest absolute Gasteiger partial charge is 0.489 e. The van der Waals surface area contributed by atoms with Gasteiger partial charge in [0.2, 0.25) is 0 Å². The molecule has 0 aliphatic heterocycles. The van der Waals surface area contributed by atoms with Crippen molar-refractivity contribution in [3.63, 3.8) is 0 Å². The van der Waals surface area contributed by atoms with Gasteiger partial charge in [0.15, 0.2) is 5.65 Å².